The van der Waals surface area contributed by atoms with E-state index < -0.39 is 18.0 Å². The minimum absolute atomic E-state index is 0.0618. The van der Waals surface area contributed by atoms with Crippen molar-refractivity contribution in [3.05, 3.63) is 63.6 Å². The number of esters is 1. The summed E-state index contributed by atoms with van der Waals surface area (Å²) in [6.45, 7) is 1.55. The Bertz CT molecular complexity index is 895. The minimum atomic E-state index is -1.000. The molecule has 0 radical (unpaired) electrons. The van der Waals surface area contributed by atoms with E-state index in [9.17, 15) is 9.59 Å². The van der Waals surface area contributed by atoms with Crippen molar-refractivity contribution < 1.29 is 19.1 Å². The number of ether oxygens (including phenoxy) is 2. The number of benzene rings is 2. The van der Waals surface area contributed by atoms with Crippen LogP contribution < -0.4 is 10.1 Å². The fraction of sp³-hybridized carbons (Fsp3) is 0.158. The first-order valence-corrected chi connectivity index (χ1v) is 8.59. The lowest BCUT2D eigenvalue weighted by Crippen LogP contribution is -2.31. The van der Waals surface area contributed by atoms with Gasteiger partial charge >= 0.3 is 5.97 Å². The monoisotopic (exact) mass is 391 g/mol. The number of para-hydroxylation sites is 1. The van der Waals surface area contributed by atoms with Crippen molar-refractivity contribution in [1.29, 1.82) is 0 Å². The van der Waals surface area contributed by atoms with Gasteiger partial charge < -0.3 is 14.8 Å². The molecule has 1 N–H and O–H groups in total. The topological polar surface area (TPSA) is 64.6 Å². The Balaban J connectivity index is 1.66. The Labute approximate surface area is 160 Å². The van der Waals surface area contributed by atoms with Gasteiger partial charge in [0.15, 0.2) is 6.10 Å². The van der Waals surface area contributed by atoms with Gasteiger partial charge in [0, 0.05) is 10.6 Å². The van der Waals surface area contributed by atoms with E-state index in [1.807, 2.05) is 0 Å². The van der Waals surface area contributed by atoms with Gasteiger partial charge in [-0.3, -0.25) is 4.79 Å². The molecule has 0 bridgehead atoms. The number of anilines is 1. The maximum Gasteiger partial charge on any atom is 0.338 e. The molecule has 1 amide bonds. The molecule has 1 atom stereocenters. The van der Waals surface area contributed by atoms with Crippen LogP contribution in [0.5, 0.6) is 5.75 Å². The number of nitrogens with one attached hydrogen (secondary N) is 1. The molecule has 5 nitrogen and oxygen atoms in total. The van der Waals surface area contributed by atoms with E-state index in [1.54, 1.807) is 48.5 Å². The lowest BCUT2D eigenvalue weighted by atomic mass is 10.1. The molecule has 7 heteroatoms. The van der Waals surface area contributed by atoms with Gasteiger partial charge in [-0.2, -0.15) is 0 Å². The maximum atomic E-state index is 12.3. The predicted molar refractivity (Wildman–Crippen MR) is 101 cm³/mol. The van der Waals surface area contributed by atoms with Crippen LogP contribution in [0.2, 0.25) is 10.0 Å². The summed E-state index contributed by atoms with van der Waals surface area (Å²) in [7, 11) is 0. The van der Waals surface area contributed by atoms with Gasteiger partial charge in [0.2, 0.25) is 0 Å². The molecule has 0 saturated heterocycles. The van der Waals surface area contributed by atoms with Crippen molar-refractivity contribution in [2.45, 2.75) is 13.0 Å². The molecular formula is C19H15Cl2NO4. The highest BCUT2D eigenvalue weighted by Crippen LogP contribution is 2.29. The van der Waals surface area contributed by atoms with E-state index >= 15 is 0 Å². The molecule has 3 rings (SSSR count). The summed E-state index contributed by atoms with van der Waals surface area (Å²) in [5.74, 6) is -0.472. The third-order valence-corrected chi connectivity index (χ3v) is 4.30. The van der Waals surface area contributed by atoms with Crippen molar-refractivity contribution in [2.75, 3.05) is 11.9 Å². The Morgan fingerprint density at radius 1 is 1.19 bits per heavy atom. The van der Waals surface area contributed by atoms with Gasteiger partial charge in [-0.05, 0) is 43.3 Å². The lowest BCUT2D eigenvalue weighted by Gasteiger charge is -2.19. The van der Waals surface area contributed by atoms with Gasteiger partial charge in [-0.15, -0.1) is 0 Å². The smallest absolute Gasteiger partial charge is 0.338 e. The van der Waals surface area contributed by atoms with Crippen LogP contribution in [0.3, 0.4) is 0 Å². The molecule has 1 heterocycles. The molecule has 134 valence electrons. The summed E-state index contributed by atoms with van der Waals surface area (Å²) in [5, 5.41) is 3.56. The highest BCUT2D eigenvalue weighted by atomic mass is 35.5. The molecule has 1 unspecified atom stereocenters. The molecule has 0 saturated carbocycles. The fourth-order valence-corrected chi connectivity index (χ4v) is 2.72. The first-order chi connectivity index (χ1) is 12.4. The summed E-state index contributed by atoms with van der Waals surface area (Å²) in [6, 6.07) is 11.9. The third-order valence-electron chi connectivity index (χ3n) is 3.73. The second-order valence-corrected chi connectivity index (χ2v) is 6.50. The first-order valence-electron chi connectivity index (χ1n) is 7.83. The van der Waals surface area contributed by atoms with Crippen molar-refractivity contribution >= 4 is 46.8 Å². The van der Waals surface area contributed by atoms with Gasteiger partial charge in [0.25, 0.3) is 5.91 Å². The van der Waals surface area contributed by atoms with Crippen molar-refractivity contribution in [1.82, 2.24) is 0 Å². The Morgan fingerprint density at radius 2 is 1.96 bits per heavy atom. The van der Waals surface area contributed by atoms with E-state index in [2.05, 4.69) is 5.32 Å². The van der Waals surface area contributed by atoms with E-state index in [0.717, 1.165) is 0 Å². The molecule has 0 fully saturated rings. The van der Waals surface area contributed by atoms with Crippen LogP contribution in [0.4, 0.5) is 5.69 Å². The number of carbonyl (C=O) groups is 2. The summed E-state index contributed by atoms with van der Waals surface area (Å²) >= 11 is 12.0. The number of fused-ring (bicyclic) bond motifs is 1. The molecule has 0 spiro atoms. The zero-order chi connectivity index (χ0) is 18.7. The average Bonchev–Trinajstić information content (AvgIpc) is 2.62. The minimum Gasteiger partial charge on any atom is -0.488 e. The number of carbonyl (C=O) groups excluding carboxylic acids is 2. The number of halogens is 2. The highest BCUT2D eigenvalue weighted by Gasteiger charge is 2.24. The lowest BCUT2D eigenvalue weighted by molar-refractivity contribution is -0.149. The van der Waals surface area contributed by atoms with Gasteiger partial charge in [-0.1, -0.05) is 35.3 Å². The zero-order valence-corrected chi connectivity index (χ0v) is 15.3. The van der Waals surface area contributed by atoms with Crippen LogP contribution in [-0.2, 0) is 14.3 Å². The number of hydrogen-bond donors (Lipinski definition) is 1. The van der Waals surface area contributed by atoms with Crippen LogP contribution in [0, 0.1) is 0 Å². The fourth-order valence-electron chi connectivity index (χ4n) is 2.35. The Morgan fingerprint density at radius 3 is 2.73 bits per heavy atom. The largest absolute Gasteiger partial charge is 0.488 e. The van der Waals surface area contributed by atoms with Gasteiger partial charge in [0.1, 0.15) is 12.4 Å². The van der Waals surface area contributed by atoms with Crippen LogP contribution >= 0.6 is 23.2 Å². The van der Waals surface area contributed by atoms with E-state index in [0.29, 0.717) is 32.6 Å². The Kier molecular flexibility index (Phi) is 5.49. The second kappa shape index (κ2) is 7.81. The summed E-state index contributed by atoms with van der Waals surface area (Å²) in [4.78, 5) is 24.5. The van der Waals surface area contributed by atoms with Crippen molar-refractivity contribution in [3.8, 4) is 5.75 Å². The Hall–Kier alpha value is -2.50. The highest BCUT2D eigenvalue weighted by molar-refractivity contribution is 6.33. The molecule has 0 aliphatic carbocycles. The van der Waals surface area contributed by atoms with Crippen LogP contribution in [-0.4, -0.2) is 24.6 Å². The molecule has 2 aromatic carbocycles. The quantitative estimate of drug-likeness (QED) is 0.787. The van der Waals surface area contributed by atoms with E-state index in [1.165, 1.54) is 6.92 Å². The zero-order valence-electron chi connectivity index (χ0n) is 13.8. The molecule has 1 aliphatic heterocycles. The van der Waals surface area contributed by atoms with E-state index in [4.69, 9.17) is 32.7 Å². The maximum absolute atomic E-state index is 12.3. The third kappa shape index (κ3) is 4.18. The summed E-state index contributed by atoms with van der Waals surface area (Å²) < 4.78 is 10.8. The molecule has 2 aromatic rings. The van der Waals surface area contributed by atoms with Crippen LogP contribution in [0.15, 0.2) is 48.0 Å². The van der Waals surface area contributed by atoms with Crippen molar-refractivity contribution in [3.63, 3.8) is 0 Å². The second-order valence-electron chi connectivity index (χ2n) is 5.66. The standard InChI is InChI=1S/C19H15Cl2NO4/c1-11(18(23)22-16-5-3-2-4-15(16)21)26-19(24)13-8-12-9-14(20)6-7-17(12)25-10-13/h2-9,11H,10H2,1H3,(H,22,23). The SMILES string of the molecule is CC(OC(=O)C1=Cc2cc(Cl)ccc2OC1)C(=O)Nc1ccccc1Cl. The van der Waals surface area contributed by atoms with Crippen LogP contribution in [0.1, 0.15) is 12.5 Å². The van der Waals surface area contributed by atoms with Crippen LogP contribution in [0.25, 0.3) is 6.08 Å². The number of rotatable bonds is 4. The van der Waals surface area contributed by atoms with Crippen molar-refractivity contribution in [2.24, 2.45) is 0 Å². The van der Waals surface area contributed by atoms with E-state index in [-0.39, 0.29) is 6.61 Å². The number of hydrogen-bond acceptors (Lipinski definition) is 4. The predicted octanol–water partition coefficient (Wildman–Crippen LogP) is 4.34. The molecular weight excluding hydrogens is 377 g/mol. The van der Waals surface area contributed by atoms with Gasteiger partial charge in [0.05, 0.1) is 16.3 Å². The first kappa shape index (κ1) is 18.3. The number of amides is 1. The van der Waals surface area contributed by atoms with Gasteiger partial charge in [-0.25, -0.2) is 4.79 Å². The normalized spacial score (nSPS) is 13.7. The summed E-state index contributed by atoms with van der Waals surface area (Å²) in [6.07, 6.45) is 0.645. The molecule has 26 heavy (non-hydrogen) atoms. The molecule has 0 aromatic heterocycles. The average molecular weight is 392 g/mol. The molecule has 1 aliphatic rings. The summed E-state index contributed by atoms with van der Waals surface area (Å²) in [5.41, 5.74) is 1.44.